The van der Waals surface area contributed by atoms with E-state index in [1.807, 2.05) is 0 Å². The summed E-state index contributed by atoms with van der Waals surface area (Å²) in [6.07, 6.45) is 3.91. The molecular weight excluding hydrogens is 519 g/mol. The van der Waals surface area contributed by atoms with Gasteiger partial charge < -0.3 is 15.4 Å². The molecule has 3 N–H and O–H groups in total. The van der Waals surface area contributed by atoms with E-state index in [-0.39, 0.29) is 28.7 Å². The Balaban J connectivity index is 0.000000325. The lowest BCUT2D eigenvalue weighted by atomic mass is 10.0. The number of hydrogen-bond donors (Lipinski definition) is 3. The van der Waals surface area contributed by atoms with Gasteiger partial charge in [-0.2, -0.15) is 13.2 Å². The highest BCUT2D eigenvalue weighted by atomic mass is 19.4. The molecule has 0 unspecified atom stereocenters. The molecule has 0 atom stereocenters. The van der Waals surface area contributed by atoms with Crippen LogP contribution in [0.15, 0.2) is 53.5 Å². The average Bonchev–Trinajstić information content (AvgIpc) is 3.61. The maximum absolute atomic E-state index is 13.4. The van der Waals surface area contributed by atoms with Crippen LogP contribution in [0.25, 0.3) is 22.2 Å². The third-order valence-electron chi connectivity index (χ3n) is 6.97. The molecule has 1 aliphatic carbocycles. The van der Waals surface area contributed by atoms with Crippen molar-refractivity contribution in [2.45, 2.75) is 50.2 Å². The van der Waals surface area contributed by atoms with E-state index in [1.165, 1.54) is 50.9 Å². The first-order valence-corrected chi connectivity index (χ1v) is 12.5. The van der Waals surface area contributed by atoms with Crippen LogP contribution < -0.4 is 10.9 Å². The first kappa shape index (κ1) is 26.7. The first-order chi connectivity index (χ1) is 18.5. The largest absolute Gasteiger partial charge is 0.507 e. The Bertz CT molecular complexity index is 1540. The summed E-state index contributed by atoms with van der Waals surface area (Å²) >= 11 is 0. The molecule has 3 heterocycles. The van der Waals surface area contributed by atoms with Crippen LogP contribution in [0.2, 0.25) is 0 Å². The lowest BCUT2D eigenvalue weighted by molar-refractivity contribution is -0.138. The van der Waals surface area contributed by atoms with E-state index < -0.39 is 34.7 Å². The Kier molecular flexibility index (Phi) is 7.11. The van der Waals surface area contributed by atoms with Crippen molar-refractivity contribution in [2.75, 3.05) is 6.54 Å². The fourth-order valence-electron chi connectivity index (χ4n) is 4.74. The van der Waals surface area contributed by atoms with Crippen LogP contribution >= 0.6 is 0 Å². The molecule has 2 aliphatic rings. The zero-order chi connectivity index (χ0) is 27.8. The molecule has 0 radical (unpaired) electrons. The predicted molar refractivity (Wildman–Crippen MR) is 135 cm³/mol. The van der Waals surface area contributed by atoms with E-state index >= 15 is 0 Å². The summed E-state index contributed by atoms with van der Waals surface area (Å²) in [5.74, 6) is -2.37. The number of H-pyrrole nitrogens is 1. The summed E-state index contributed by atoms with van der Waals surface area (Å²) in [5, 5.41) is 12.9. The van der Waals surface area contributed by atoms with E-state index in [4.69, 9.17) is 0 Å². The van der Waals surface area contributed by atoms with Crippen LogP contribution in [0.5, 0.6) is 5.75 Å². The number of aromatic amines is 1. The summed E-state index contributed by atoms with van der Waals surface area (Å²) in [6, 6.07) is 7.49. The van der Waals surface area contributed by atoms with Gasteiger partial charge in [0, 0.05) is 35.9 Å². The summed E-state index contributed by atoms with van der Waals surface area (Å²) in [4.78, 5) is 22.9. The molecular formula is C28H25F5N4O2. The van der Waals surface area contributed by atoms with E-state index in [2.05, 4.69) is 20.3 Å². The van der Waals surface area contributed by atoms with Gasteiger partial charge in [0.1, 0.15) is 23.2 Å². The minimum atomic E-state index is -4.82. The number of rotatable bonds is 3. The van der Waals surface area contributed by atoms with E-state index in [0.29, 0.717) is 22.9 Å². The number of nitrogens with one attached hydrogen (secondary N) is 2. The smallest absolute Gasteiger partial charge is 0.419 e. The van der Waals surface area contributed by atoms with Crippen molar-refractivity contribution in [1.29, 1.82) is 0 Å². The lowest BCUT2D eigenvalue weighted by Gasteiger charge is -2.22. The summed E-state index contributed by atoms with van der Waals surface area (Å²) in [5.41, 5.74) is -0.371. The Morgan fingerprint density at radius 3 is 2.28 bits per heavy atom. The topological polar surface area (TPSA) is 90.9 Å². The van der Waals surface area contributed by atoms with E-state index in [1.54, 1.807) is 6.07 Å². The Morgan fingerprint density at radius 2 is 1.72 bits per heavy atom. The molecule has 4 aromatic rings. The number of phenolic OH excluding ortho intramolecular Hbond substituents is 1. The molecule has 2 aromatic carbocycles. The fraction of sp³-hybridized carbons (Fsp3) is 0.321. The van der Waals surface area contributed by atoms with Gasteiger partial charge in [0.25, 0.3) is 5.56 Å². The molecule has 1 saturated carbocycles. The van der Waals surface area contributed by atoms with Gasteiger partial charge in [0.05, 0.1) is 22.2 Å². The lowest BCUT2D eigenvalue weighted by Crippen LogP contribution is -2.35. The molecule has 1 saturated heterocycles. The van der Waals surface area contributed by atoms with Gasteiger partial charge in [-0.3, -0.25) is 9.78 Å². The van der Waals surface area contributed by atoms with Crippen LogP contribution in [0.3, 0.4) is 0 Å². The molecule has 39 heavy (non-hydrogen) atoms. The number of nitrogens with zero attached hydrogens (tertiary/aromatic N) is 2. The molecule has 2 aromatic heterocycles. The first-order valence-electron chi connectivity index (χ1n) is 12.5. The number of pyridine rings is 1. The van der Waals surface area contributed by atoms with Crippen LogP contribution in [-0.4, -0.2) is 32.1 Å². The molecule has 1 spiro atoms. The van der Waals surface area contributed by atoms with Crippen molar-refractivity contribution >= 4 is 10.9 Å². The fourth-order valence-corrected chi connectivity index (χ4v) is 4.74. The number of halogens is 5. The Morgan fingerprint density at radius 1 is 0.974 bits per heavy atom. The normalized spacial score (nSPS) is 16.1. The van der Waals surface area contributed by atoms with Gasteiger partial charge in [-0.1, -0.05) is 12.5 Å². The number of hydrogen-bond acceptors (Lipinski definition) is 5. The number of benzene rings is 2. The second-order valence-electron chi connectivity index (χ2n) is 9.95. The number of alkyl halides is 3. The highest BCUT2D eigenvalue weighted by molar-refractivity contribution is 5.80. The highest BCUT2D eigenvalue weighted by Crippen LogP contribution is 2.41. The van der Waals surface area contributed by atoms with Crippen molar-refractivity contribution in [2.24, 2.45) is 0 Å². The standard InChI is InChI=1S/C21H12F5N3O2.C7H13N/c22-12-4-11(5-13(23)6-12)16-2-1-10(9-27-16)3-19-28-17-8-18(30)15(21(24,25)26)7-14(17)20(31)29-19;1-2-6-8-7(3-1)4-5-7/h1-2,4-9,30H,3H2,(H,28,29,31);8H,1-6H2. The molecule has 2 fully saturated rings. The highest BCUT2D eigenvalue weighted by Gasteiger charge is 2.42. The number of phenols is 1. The molecule has 204 valence electrons. The predicted octanol–water partition coefficient (Wildman–Crippen LogP) is 5.87. The van der Waals surface area contributed by atoms with Crippen molar-refractivity contribution in [3.05, 3.63) is 87.6 Å². The van der Waals surface area contributed by atoms with Crippen LogP contribution in [-0.2, 0) is 12.6 Å². The molecule has 11 heteroatoms. The monoisotopic (exact) mass is 544 g/mol. The van der Waals surface area contributed by atoms with Crippen LogP contribution in [0.4, 0.5) is 22.0 Å². The Labute approximate surface area is 219 Å². The second kappa shape index (κ2) is 10.4. The number of fused-ring (bicyclic) bond motifs is 1. The van der Waals surface area contributed by atoms with Gasteiger partial charge in [-0.15, -0.1) is 0 Å². The average molecular weight is 545 g/mol. The summed E-state index contributed by atoms with van der Waals surface area (Å²) in [7, 11) is 0. The van der Waals surface area contributed by atoms with Crippen molar-refractivity contribution in [3.63, 3.8) is 0 Å². The molecule has 0 bridgehead atoms. The summed E-state index contributed by atoms with van der Waals surface area (Å²) in [6.45, 7) is 1.28. The van der Waals surface area contributed by atoms with Crippen LogP contribution in [0.1, 0.15) is 49.1 Å². The zero-order valence-electron chi connectivity index (χ0n) is 20.7. The second-order valence-corrected chi connectivity index (χ2v) is 9.95. The third kappa shape index (κ3) is 6.25. The molecule has 1 aliphatic heterocycles. The van der Waals surface area contributed by atoms with E-state index in [9.17, 15) is 31.9 Å². The van der Waals surface area contributed by atoms with Gasteiger partial charge in [0.2, 0.25) is 0 Å². The number of piperidine rings is 1. The maximum atomic E-state index is 13.4. The van der Waals surface area contributed by atoms with Gasteiger partial charge in [-0.05, 0) is 62.1 Å². The van der Waals surface area contributed by atoms with Gasteiger partial charge in [0.15, 0.2) is 0 Å². The molecule has 6 rings (SSSR count). The number of aromatic hydroxyl groups is 1. The SMILES string of the molecule is C1CCC2(CC2)NC1.O=c1[nH]c(Cc2ccc(-c3cc(F)cc(F)c3)nc2)nc2cc(O)c(C(F)(F)F)cc12. The minimum Gasteiger partial charge on any atom is -0.507 e. The molecule has 0 amide bonds. The van der Waals surface area contributed by atoms with Gasteiger partial charge >= 0.3 is 6.18 Å². The molecule has 6 nitrogen and oxygen atoms in total. The maximum Gasteiger partial charge on any atom is 0.419 e. The van der Waals surface area contributed by atoms with Crippen LogP contribution in [0, 0.1) is 11.6 Å². The van der Waals surface area contributed by atoms with E-state index in [0.717, 1.165) is 24.3 Å². The number of aromatic nitrogens is 3. The zero-order valence-corrected chi connectivity index (χ0v) is 20.7. The van der Waals surface area contributed by atoms with Gasteiger partial charge in [-0.25, -0.2) is 13.8 Å². The van der Waals surface area contributed by atoms with Crippen molar-refractivity contribution in [3.8, 4) is 17.0 Å². The quantitative estimate of drug-likeness (QED) is 0.281. The Hall–Kier alpha value is -3.86. The summed E-state index contributed by atoms with van der Waals surface area (Å²) < 4.78 is 65.5. The minimum absolute atomic E-state index is 0.0811. The van der Waals surface area contributed by atoms with Crippen molar-refractivity contribution in [1.82, 2.24) is 20.3 Å². The third-order valence-corrected chi connectivity index (χ3v) is 6.97. The van der Waals surface area contributed by atoms with Crippen molar-refractivity contribution < 1.29 is 27.1 Å².